The molecule has 4 rings (SSSR count). The van der Waals surface area contributed by atoms with E-state index in [1.165, 1.54) is 12.1 Å². The smallest absolute Gasteiger partial charge is 0.335 e. The summed E-state index contributed by atoms with van der Waals surface area (Å²) in [6.07, 6.45) is 3.64. The van der Waals surface area contributed by atoms with Gasteiger partial charge in [0, 0.05) is 10.6 Å². The lowest BCUT2D eigenvalue weighted by molar-refractivity contribution is -0.122. The van der Waals surface area contributed by atoms with Gasteiger partial charge in [-0.2, -0.15) is 0 Å². The maximum atomic E-state index is 13.4. The molecule has 8 heteroatoms. The first-order valence-electron chi connectivity index (χ1n) is 12.5. The third-order valence-corrected chi connectivity index (χ3v) is 6.38. The number of urea groups is 1. The highest BCUT2D eigenvalue weighted by molar-refractivity contribution is 6.39. The number of imide groups is 2. The first-order valence-corrected chi connectivity index (χ1v) is 12.9. The number of nitrogens with zero attached hydrogens (tertiary/aromatic N) is 1. The van der Waals surface area contributed by atoms with E-state index < -0.39 is 17.8 Å². The number of benzene rings is 3. The topological polar surface area (TPSA) is 84.9 Å². The number of hydrogen-bond donors (Lipinski definition) is 1. The zero-order valence-electron chi connectivity index (χ0n) is 22.0. The minimum atomic E-state index is -0.838. The highest BCUT2D eigenvalue weighted by atomic mass is 35.5. The van der Waals surface area contributed by atoms with Crippen molar-refractivity contribution in [3.05, 3.63) is 106 Å². The number of allylic oxidation sites excluding steroid dienone is 1. The van der Waals surface area contributed by atoms with Gasteiger partial charge in [0.2, 0.25) is 0 Å². The highest BCUT2D eigenvalue weighted by Gasteiger charge is 2.37. The first-order chi connectivity index (χ1) is 18.7. The Morgan fingerprint density at radius 2 is 1.74 bits per heavy atom. The second-order valence-corrected chi connectivity index (χ2v) is 9.53. The van der Waals surface area contributed by atoms with Crippen LogP contribution in [0.2, 0.25) is 5.02 Å². The second-order valence-electron chi connectivity index (χ2n) is 9.10. The number of hydrogen-bond acceptors (Lipinski definition) is 5. The standard InChI is InChI=1S/C31H29ClN2O5/c1-5-7-23-14-22(16-27(38-6-2)28(23)39-18-21-11-8-19(3)9-12-21)15-25-29(35)33-31(37)34(30(25)36)26-17-24(32)13-10-20(26)4/h5,8-17H,1,6-7,18H2,2-4H3,(H,33,35,37)/b25-15+. The normalized spacial score (nSPS) is 14.4. The molecule has 200 valence electrons. The van der Waals surface area contributed by atoms with E-state index in [9.17, 15) is 14.4 Å². The van der Waals surface area contributed by atoms with Gasteiger partial charge in [-0.15, -0.1) is 6.58 Å². The molecule has 39 heavy (non-hydrogen) atoms. The molecule has 1 heterocycles. The molecule has 0 bridgehead atoms. The van der Waals surface area contributed by atoms with Gasteiger partial charge in [0.1, 0.15) is 12.2 Å². The van der Waals surface area contributed by atoms with Crippen molar-refractivity contribution in [2.24, 2.45) is 0 Å². The second kappa shape index (κ2) is 12.0. The number of aryl methyl sites for hydroxylation is 2. The predicted molar refractivity (Wildman–Crippen MR) is 152 cm³/mol. The zero-order chi connectivity index (χ0) is 28.1. The van der Waals surface area contributed by atoms with Crippen LogP contribution in [-0.4, -0.2) is 24.5 Å². The van der Waals surface area contributed by atoms with Crippen LogP contribution in [-0.2, 0) is 22.6 Å². The Balaban J connectivity index is 1.73. The Labute approximate surface area is 232 Å². The van der Waals surface area contributed by atoms with Crippen molar-refractivity contribution in [3.63, 3.8) is 0 Å². The summed E-state index contributed by atoms with van der Waals surface area (Å²) in [6.45, 7) is 10.2. The van der Waals surface area contributed by atoms with Crippen LogP contribution >= 0.6 is 11.6 Å². The average Bonchev–Trinajstić information content (AvgIpc) is 2.89. The van der Waals surface area contributed by atoms with Crippen LogP contribution in [0.15, 0.2) is 72.8 Å². The number of carbonyl (C=O) groups is 3. The van der Waals surface area contributed by atoms with E-state index in [2.05, 4.69) is 11.9 Å². The molecule has 0 aliphatic carbocycles. The molecule has 1 N–H and O–H groups in total. The van der Waals surface area contributed by atoms with Gasteiger partial charge in [-0.05, 0) is 74.2 Å². The van der Waals surface area contributed by atoms with Gasteiger partial charge >= 0.3 is 6.03 Å². The molecule has 0 saturated carbocycles. The quantitative estimate of drug-likeness (QED) is 0.193. The molecule has 0 aromatic heterocycles. The van der Waals surface area contributed by atoms with Gasteiger partial charge in [-0.25, -0.2) is 9.69 Å². The summed E-state index contributed by atoms with van der Waals surface area (Å²) in [7, 11) is 0. The van der Waals surface area contributed by atoms with Crippen LogP contribution in [0.1, 0.15) is 34.7 Å². The van der Waals surface area contributed by atoms with Gasteiger partial charge in [-0.3, -0.25) is 14.9 Å². The van der Waals surface area contributed by atoms with E-state index in [-0.39, 0.29) is 5.57 Å². The van der Waals surface area contributed by atoms with E-state index in [1.807, 2.05) is 44.2 Å². The highest BCUT2D eigenvalue weighted by Crippen LogP contribution is 2.36. The molecule has 4 amide bonds. The summed E-state index contributed by atoms with van der Waals surface area (Å²) >= 11 is 6.12. The molecule has 0 atom stereocenters. The van der Waals surface area contributed by atoms with Crippen LogP contribution in [0, 0.1) is 13.8 Å². The lowest BCUT2D eigenvalue weighted by Crippen LogP contribution is -2.54. The number of nitrogens with one attached hydrogen (secondary N) is 1. The van der Waals surface area contributed by atoms with Crippen molar-refractivity contribution in [1.29, 1.82) is 0 Å². The number of ether oxygens (including phenoxy) is 2. The fourth-order valence-electron chi connectivity index (χ4n) is 4.21. The summed E-state index contributed by atoms with van der Waals surface area (Å²) in [5, 5.41) is 2.61. The van der Waals surface area contributed by atoms with E-state index in [1.54, 1.807) is 31.2 Å². The van der Waals surface area contributed by atoms with Gasteiger partial charge in [0.15, 0.2) is 11.5 Å². The van der Waals surface area contributed by atoms with Crippen LogP contribution in [0.4, 0.5) is 10.5 Å². The minimum Gasteiger partial charge on any atom is -0.490 e. The third kappa shape index (κ3) is 6.21. The molecule has 3 aromatic rings. The van der Waals surface area contributed by atoms with Crippen LogP contribution in [0.3, 0.4) is 0 Å². The van der Waals surface area contributed by atoms with E-state index in [0.717, 1.165) is 21.6 Å². The molecular formula is C31H29ClN2O5. The Morgan fingerprint density at radius 1 is 1.00 bits per heavy atom. The molecule has 1 aliphatic rings. The largest absolute Gasteiger partial charge is 0.490 e. The summed E-state index contributed by atoms with van der Waals surface area (Å²) in [4.78, 5) is 39.8. The van der Waals surface area contributed by atoms with Crippen molar-refractivity contribution in [3.8, 4) is 11.5 Å². The molecule has 3 aromatic carbocycles. The predicted octanol–water partition coefficient (Wildman–Crippen LogP) is 6.33. The summed E-state index contributed by atoms with van der Waals surface area (Å²) < 4.78 is 12.1. The van der Waals surface area contributed by atoms with Crippen molar-refractivity contribution in [1.82, 2.24) is 5.32 Å². The van der Waals surface area contributed by atoms with E-state index in [4.69, 9.17) is 21.1 Å². The Bertz CT molecular complexity index is 1480. The van der Waals surface area contributed by atoms with Crippen molar-refractivity contribution < 1.29 is 23.9 Å². The zero-order valence-corrected chi connectivity index (χ0v) is 22.8. The fourth-order valence-corrected chi connectivity index (χ4v) is 4.37. The monoisotopic (exact) mass is 544 g/mol. The van der Waals surface area contributed by atoms with Gasteiger partial charge in [-0.1, -0.05) is 53.6 Å². The van der Waals surface area contributed by atoms with Crippen molar-refractivity contribution in [2.45, 2.75) is 33.8 Å². The van der Waals surface area contributed by atoms with Crippen molar-refractivity contribution >= 4 is 41.2 Å². The molecular weight excluding hydrogens is 516 g/mol. The van der Waals surface area contributed by atoms with Crippen molar-refractivity contribution in [2.75, 3.05) is 11.5 Å². The Morgan fingerprint density at radius 3 is 2.44 bits per heavy atom. The van der Waals surface area contributed by atoms with E-state index in [0.29, 0.717) is 53.0 Å². The van der Waals surface area contributed by atoms with Gasteiger partial charge < -0.3 is 9.47 Å². The Hall–Kier alpha value is -4.36. The number of rotatable bonds is 9. The average molecular weight is 545 g/mol. The maximum absolute atomic E-state index is 13.4. The van der Waals surface area contributed by atoms with Crippen LogP contribution in [0.25, 0.3) is 6.08 Å². The SMILES string of the molecule is C=CCc1cc(/C=C2\C(=O)NC(=O)N(c3cc(Cl)ccc3C)C2=O)cc(OCC)c1OCc1ccc(C)cc1. The van der Waals surface area contributed by atoms with Gasteiger partial charge in [0.05, 0.1) is 12.3 Å². The molecule has 1 fully saturated rings. The molecule has 0 unspecified atom stereocenters. The molecule has 0 radical (unpaired) electrons. The van der Waals surface area contributed by atoms with E-state index >= 15 is 0 Å². The summed E-state index contributed by atoms with van der Waals surface area (Å²) in [5.74, 6) is -0.510. The molecule has 0 spiro atoms. The first kappa shape index (κ1) is 27.7. The fraction of sp³-hybridized carbons (Fsp3) is 0.194. The minimum absolute atomic E-state index is 0.200. The van der Waals surface area contributed by atoms with Crippen LogP contribution < -0.4 is 19.7 Å². The van der Waals surface area contributed by atoms with Gasteiger partial charge in [0.25, 0.3) is 11.8 Å². The number of anilines is 1. The number of barbiturate groups is 1. The lowest BCUT2D eigenvalue weighted by Gasteiger charge is -2.27. The molecule has 1 aliphatic heterocycles. The third-order valence-electron chi connectivity index (χ3n) is 6.15. The lowest BCUT2D eigenvalue weighted by atomic mass is 10.0. The number of halogens is 1. The Kier molecular flexibility index (Phi) is 8.52. The number of carbonyl (C=O) groups excluding carboxylic acids is 3. The molecule has 1 saturated heterocycles. The van der Waals surface area contributed by atoms with Crippen LogP contribution in [0.5, 0.6) is 11.5 Å². The maximum Gasteiger partial charge on any atom is 0.335 e. The number of amides is 4. The molecule has 7 nitrogen and oxygen atoms in total. The summed E-state index contributed by atoms with van der Waals surface area (Å²) in [6, 6.07) is 15.6. The summed E-state index contributed by atoms with van der Waals surface area (Å²) in [5.41, 5.74) is 4.22.